The molecule has 4 heteroatoms. The van der Waals surface area contributed by atoms with E-state index in [4.69, 9.17) is 0 Å². The first-order valence-electron chi connectivity index (χ1n) is 6.69. The summed E-state index contributed by atoms with van der Waals surface area (Å²) in [7, 11) is 0. The summed E-state index contributed by atoms with van der Waals surface area (Å²) in [5.74, 6) is 1.21. The van der Waals surface area contributed by atoms with Gasteiger partial charge in [0.2, 0.25) is 0 Å². The zero-order chi connectivity index (χ0) is 14.2. The molecule has 1 aromatic carbocycles. The number of halogens is 1. The van der Waals surface area contributed by atoms with Crippen LogP contribution in [-0.4, -0.2) is 23.4 Å². The van der Waals surface area contributed by atoms with E-state index in [2.05, 4.69) is 49.3 Å². The van der Waals surface area contributed by atoms with E-state index in [0.717, 1.165) is 15.9 Å². The smallest absolute Gasteiger partial charge is 0.255 e. The standard InChI is InChI=1S/C15H20BrNOS/c1-9-6-10(2)11(3)17(8-9)15(18)13-5-4-12(16)7-14(13)19/h4-5,7,9-11,19H,6,8H2,1-3H3. The van der Waals surface area contributed by atoms with Crippen molar-refractivity contribution >= 4 is 34.5 Å². The predicted octanol–water partition coefficient (Wildman–Crippen LogP) is 4.24. The van der Waals surface area contributed by atoms with E-state index in [0.29, 0.717) is 23.4 Å². The number of hydrogen-bond donors (Lipinski definition) is 1. The number of amides is 1. The lowest BCUT2D eigenvalue weighted by atomic mass is 9.85. The number of carbonyl (C=O) groups is 1. The minimum Gasteiger partial charge on any atom is -0.335 e. The van der Waals surface area contributed by atoms with Crippen molar-refractivity contribution in [3.05, 3.63) is 28.2 Å². The maximum atomic E-state index is 12.7. The molecule has 1 heterocycles. The first-order chi connectivity index (χ1) is 8.90. The monoisotopic (exact) mass is 341 g/mol. The van der Waals surface area contributed by atoms with Gasteiger partial charge in [0.1, 0.15) is 0 Å². The average molecular weight is 342 g/mol. The number of carbonyl (C=O) groups excluding carboxylic acids is 1. The molecular formula is C15H20BrNOS. The second-order valence-corrected chi connectivity index (χ2v) is 7.08. The molecule has 0 spiro atoms. The van der Waals surface area contributed by atoms with E-state index in [1.54, 1.807) is 0 Å². The molecule has 2 rings (SSSR count). The van der Waals surface area contributed by atoms with Gasteiger partial charge < -0.3 is 4.90 Å². The molecule has 1 aromatic rings. The summed E-state index contributed by atoms with van der Waals surface area (Å²) < 4.78 is 0.947. The molecule has 1 fully saturated rings. The largest absolute Gasteiger partial charge is 0.335 e. The number of nitrogens with zero attached hydrogens (tertiary/aromatic N) is 1. The van der Waals surface area contributed by atoms with E-state index in [-0.39, 0.29) is 5.91 Å². The highest BCUT2D eigenvalue weighted by molar-refractivity contribution is 9.10. The third-order valence-corrected chi connectivity index (χ3v) is 4.91. The molecule has 3 atom stereocenters. The van der Waals surface area contributed by atoms with E-state index in [1.807, 2.05) is 23.1 Å². The van der Waals surface area contributed by atoms with Gasteiger partial charge in [0.05, 0.1) is 5.56 Å². The maximum Gasteiger partial charge on any atom is 0.255 e. The topological polar surface area (TPSA) is 20.3 Å². The lowest BCUT2D eigenvalue weighted by molar-refractivity contribution is 0.0452. The van der Waals surface area contributed by atoms with Gasteiger partial charge in [-0.25, -0.2) is 0 Å². The van der Waals surface area contributed by atoms with Crippen LogP contribution in [0.2, 0.25) is 0 Å². The Kier molecular flexibility index (Phi) is 4.62. The number of thiol groups is 1. The van der Waals surface area contributed by atoms with Crippen LogP contribution in [0.1, 0.15) is 37.6 Å². The lowest BCUT2D eigenvalue weighted by Gasteiger charge is -2.41. The van der Waals surface area contributed by atoms with Gasteiger partial charge in [-0.2, -0.15) is 0 Å². The normalized spacial score (nSPS) is 27.4. The van der Waals surface area contributed by atoms with Crippen LogP contribution in [0.15, 0.2) is 27.6 Å². The molecule has 3 unspecified atom stereocenters. The minimum atomic E-state index is 0.100. The van der Waals surface area contributed by atoms with Crippen molar-refractivity contribution in [1.82, 2.24) is 4.90 Å². The highest BCUT2D eigenvalue weighted by Crippen LogP contribution is 2.29. The lowest BCUT2D eigenvalue weighted by Crippen LogP contribution is -2.48. The Bertz CT molecular complexity index is 491. The molecule has 19 heavy (non-hydrogen) atoms. The predicted molar refractivity (Wildman–Crippen MR) is 84.8 cm³/mol. The van der Waals surface area contributed by atoms with Gasteiger partial charge in [0, 0.05) is 22.0 Å². The SMILES string of the molecule is CC1CC(C)C(C)N(C(=O)c2ccc(Br)cc2S)C1. The summed E-state index contributed by atoms with van der Waals surface area (Å²) in [6, 6.07) is 5.91. The first kappa shape index (κ1) is 14.9. The molecule has 2 nitrogen and oxygen atoms in total. The van der Waals surface area contributed by atoms with Gasteiger partial charge in [0.25, 0.3) is 5.91 Å². The van der Waals surface area contributed by atoms with Crippen molar-refractivity contribution in [3.63, 3.8) is 0 Å². The Labute approximate surface area is 129 Å². The summed E-state index contributed by atoms with van der Waals surface area (Å²) in [6.07, 6.45) is 1.19. The maximum absolute atomic E-state index is 12.7. The van der Waals surface area contributed by atoms with Gasteiger partial charge in [-0.3, -0.25) is 4.79 Å². The molecule has 0 aromatic heterocycles. The van der Waals surface area contributed by atoms with Crippen molar-refractivity contribution in [3.8, 4) is 0 Å². The van der Waals surface area contributed by atoms with Crippen molar-refractivity contribution in [1.29, 1.82) is 0 Å². The quantitative estimate of drug-likeness (QED) is 0.757. The Balaban J connectivity index is 2.27. The van der Waals surface area contributed by atoms with Crippen LogP contribution in [0.4, 0.5) is 0 Å². The number of benzene rings is 1. The minimum absolute atomic E-state index is 0.100. The average Bonchev–Trinajstić information content (AvgIpc) is 2.33. The molecule has 1 saturated heterocycles. The molecule has 104 valence electrons. The summed E-state index contributed by atoms with van der Waals surface area (Å²) in [5, 5.41) is 0. The second-order valence-electron chi connectivity index (χ2n) is 5.68. The first-order valence-corrected chi connectivity index (χ1v) is 7.93. The van der Waals surface area contributed by atoms with Gasteiger partial charge in [-0.15, -0.1) is 12.6 Å². The molecule has 0 bridgehead atoms. The highest BCUT2D eigenvalue weighted by atomic mass is 79.9. The zero-order valence-corrected chi connectivity index (χ0v) is 14.0. The molecule has 0 aliphatic carbocycles. The summed E-state index contributed by atoms with van der Waals surface area (Å²) in [5.41, 5.74) is 0.694. The highest BCUT2D eigenvalue weighted by Gasteiger charge is 2.32. The third kappa shape index (κ3) is 3.16. The van der Waals surface area contributed by atoms with Gasteiger partial charge in [0.15, 0.2) is 0 Å². The van der Waals surface area contributed by atoms with E-state index >= 15 is 0 Å². The molecule has 0 N–H and O–H groups in total. The Morgan fingerprint density at radius 1 is 1.37 bits per heavy atom. The van der Waals surface area contributed by atoms with E-state index in [1.165, 1.54) is 6.42 Å². The van der Waals surface area contributed by atoms with Gasteiger partial charge in [-0.05, 0) is 43.4 Å². The number of likely N-dealkylation sites (tertiary alicyclic amines) is 1. The van der Waals surface area contributed by atoms with Crippen LogP contribution in [0.5, 0.6) is 0 Å². The van der Waals surface area contributed by atoms with Crippen LogP contribution in [0.3, 0.4) is 0 Å². The number of rotatable bonds is 1. The molecule has 1 aliphatic rings. The zero-order valence-electron chi connectivity index (χ0n) is 11.6. The van der Waals surface area contributed by atoms with Gasteiger partial charge in [-0.1, -0.05) is 29.8 Å². The molecule has 0 radical (unpaired) electrons. The number of hydrogen-bond acceptors (Lipinski definition) is 2. The van der Waals surface area contributed by atoms with Gasteiger partial charge >= 0.3 is 0 Å². The van der Waals surface area contributed by atoms with E-state index < -0.39 is 0 Å². The Morgan fingerprint density at radius 2 is 2.05 bits per heavy atom. The van der Waals surface area contributed by atoms with Crippen LogP contribution in [-0.2, 0) is 0 Å². The Hall–Kier alpha value is -0.480. The van der Waals surface area contributed by atoms with Crippen LogP contribution < -0.4 is 0 Å². The molecular weight excluding hydrogens is 322 g/mol. The second kappa shape index (κ2) is 5.88. The fraction of sp³-hybridized carbons (Fsp3) is 0.533. The fourth-order valence-electron chi connectivity index (χ4n) is 2.82. The fourth-order valence-corrected chi connectivity index (χ4v) is 3.67. The van der Waals surface area contributed by atoms with Crippen molar-refractivity contribution < 1.29 is 4.79 Å². The summed E-state index contributed by atoms with van der Waals surface area (Å²) in [4.78, 5) is 15.4. The molecule has 0 saturated carbocycles. The van der Waals surface area contributed by atoms with Crippen LogP contribution in [0, 0.1) is 11.8 Å². The molecule has 1 amide bonds. The van der Waals surface area contributed by atoms with Crippen LogP contribution >= 0.6 is 28.6 Å². The summed E-state index contributed by atoms with van der Waals surface area (Å²) in [6.45, 7) is 7.43. The van der Waals surface area contributed by atoms with Crippen molar-refractivity contribution in [2.24, 2.45) is 11.8 Å². The third-order valence-electron chi connectivity index (χ3n) is 4.05. The van der Waals surface area contributed by atoms with Crippen LogP contribution in [0.25, 0.3) is 0 Å². The van der Waals surface area contributed by atoms with E-state index in [9.17, 15) is 4.79 Å². The number of piperidine rings is 1. The summed E-state index contributed by atoms with van der Waals surface area (Å²) >= 11 is 7.82. The van der Waals surface area contributed by atoms with Crippen molar-refractivity contribution in [2.45, 2.75) is 38.1 Å². The van der Waals surface area contributed by atoms with Crippen molar-refractivity contribution in [2.75, 3.05) is 6.54 Å². The Morgan fingerprint density at radius 3 is 2.68 bits per heavy atom. The molecule has 1 aliphatic heterocycles.